The van der Waals surface area contributed by atoms with Crippen LogP contribution in [0.15, 0.2) is 24.3 Å². The fraction of sp³-hybridized carbons (Fsp3) is 0.588. The molecule has 2 atom stereocenters. The van der Waals surface area contributed by atoms with Crippen molar-refractivity contribution in [2.24, 2.45) is 5.92 Å². The molecular formula is C17H24ClNOS. The molecule has 0 aliphatic heterocycles. The number of thioether (sulfide) groups is 1. The molecular weight excluding hydrogens is 302 g/mol. The average Bonchev–Trinajstić information content (AvgIpc) is 2.46. The normalized spacial score (nSPS) is 22.0. The molecule has 116 valence electrons. The number of nitrogens with one attached hydrogen (secondary N) is 1. The number of rotatable bonds is 6. The van der Waals surface area contributed by atoms with Gasteiger partial charge in [-0.15, -0.1) is 0 Å². The van der Waals surface area contributed by atoms with Gasteiger partial charge in [0.1, 0.15) is 0 Å². The Hall–Kier alpha value is -0.670. The van der Waals surface area contributed by atoms with E-state index in [1.165, 1.54) is 24.8 Å². The second-order valence-electron chi connectivity index (χ2n) is 5.87. The van der Waals surface area contributed by atoms with Crippen molar-refractivity contribution in [1.29, 1.82) is 0 Å². The van der Waals surface area contributed by atoms with Crippen LogP contribution in [0.25, 0.3) is 0 Å². The van der Waals surface area contributed by atoms with Gasteiger partial charge in [0, 0.05) is 29.0 Å². The molecule has 0 radical (unpaired) electrons. The fourth-order valence-electron chi connectivity index (χ4n) is 2.79. The Kier molecular flexibility index (Phi) is 6.91. The molecule has 1 aromatic rings. The van der Waals surface area contributed by atoms with E-state index < -0.39 is 0 Å². The van der Waals surface area contributed by atoms with Gasteiger partial charge < -0.3 is 5.32 Å². The molecule has 2 rings (SSSR count). The van der Waals surface area contributed by atoms with Crippen molar-refractivity contribution in [1.82, 2.24) is 5.32 Å². The third kappa shape index (κ3) is 5.91. The third-order valence-corrected chi connectivity index (χ3v) is 5.35. The van der Waals surface area contributed by atoms with Crippen LogP contribution in [0.5, 0.6) is 0 Å². The van der Waals surface area contributed by atoms with Crippen LogP contribution in [0.1, 0.15) is 44.6 Å². The van der Waals surface area contributed by atoms with Crippen molar-refractivity contribution < 1.29 is 4.79 Å². The molecule has 0 heterocycles. The van der Waals surface area contributed by atoms with Gasteiger partial charge in [0.15, 0.2) is 0 Å². The van der Waals surface area contributed by atoms with E-state index in [2.05, 4.69) is 18.3 Å². The monoisotopic (exact) mass is 325 g/mol. The molecule has 0 spiro atoms. The van der Waals surface area contributed by atoms with Crippen molar-refractivity contribution in [3.05, 3.63) is 34.9 Å². The number of hydrogen-bond acceptors (Lipinski definition) is 2. The first kappa shape index (κ1) is 16.7. The average molecular weight is 326 g/mol. The molecule has 2 nitrogen and oxygen atoms in total. The second-order valence-corrected chi connectivity index (χ2v) is 7.41. The Morgan fingerprint density at radius 1 is 1.38 bits per heavy atom. The Balaban J connectivity index is 1.63. The minimum atomic E-state index is 0.201. The summed E-state index contributed by atoms with van der Waals surface area (Å²) >= 11 is 7.74. The van der Waals surface area contributed by atoms with Crippen molar-refractivity contribution in [3.8, 4) is 0 Å². The molecule has 0 aromatic heterocycles. The highest BCUT2D eigenvalue weighted by atomic mass is 35.5. The van der Waals surface area contributed by atoms with Gasteiger partial charge in [-0.1, -0.05) is 43.5 Å². The standard InChI is InChI=1S/C17H24ClNOS/c1-13-5-2-3-8-16(13)19-17(20)9-10-21-12-14-6-4-7-15(18)11-14/h4,6-7,11,13,16H,2-3,5,8-10,12H2,1H3,(H,19,20). The summed E-state index contributed by atoms with van der Waals surface area (Å²) < 4.78 is 0. The predicted molar refractivity (Wildman–Crippen MR) is 91.8 cm³/mol. The van der Waals surface area contributed by atoms with Crippen molar-refractivity contribution in [2.45, 2.75) is 50.8 Å². The zero-order chi connectivity index (χ0) is 15.1. The first-order valence-electron chi connectivity index (χ1n) is 7.76. The van der Waals surface area contributed by atoms with Crippen LogP contribution in [-0.4, -0.2) is 17.7 Å². The highest BCUT2D eigenvalue weighted by Gasteiger charge is 2.22. The van der Waals surface area contributed by atoms with Crippen molar-refractivity contribution in [3.63, 3.8) is 0 Å². The van der Waals surface area contributed by atoms with Gasteiger partial charge >= 0.3 is 0 Å². The van der Waals surface area contributed by atoms with Crippen LogP contribution >= 0.6 is 23.4 Å². The van der Waals surface area contributed by atoms with Crippen LogP contribution in [0.4, 0.5) is 0 Å². The number of hydrogen-bond donors (Lipinski definition) is 1. The lowest BCUT2D eigenvalue weighted by molar-refractivity contribution is -0.121. The molecule has 21 heavy (non-hydrogen) atoms. The van der Waals surface area contributed by atoms with E-state index in [-0.39, 0.29) is 5.91 Å². The zero-order valence-electron chi connectivity index (χ0n) is 12.6. The van der Waals surface area contributed by atoms with Crippen LogP contribution in [0.3, 0.4) is 0 Å². The number of benzene rings is 1. The van der Waals surface area contributed by atoms with Gasteiger partial charge in [-0.3, -0.25) is 4.79 Å². The highest BCUT2D eigenvalue weighted by Crippen LogP contribution is 2.24. The summed E-state index contributed by atoms with van der Waals surface area (Å²) in [5, 5.41) is 3.98. The molecule has 1 aliphatic carbocycles. The van der Waals surface area contributed by atoms with Crippen LogP contribution < -0.4 is 5.32 Å². The summed E-state index contributed by atoms with van der Waals surface area (Å²) in [6.07, 6.45) is 5.55. The molecule has 1 N–H and O–H groups in total. The lowest BCUT2D eigenvalue weighted by Crippen LogP contribution is -2.41. The molecule has 0 bridgehead atoms. The minimum Gasteiger partial charge on any atom is -0.353 e. The molecule has 2 unspecified atom stereocenters. The van der Waals surface area contributed by atoms with Gasteiger partial charge in [0.25, 0.3) is 0 Å². The molecule has 1 amide bonds. The first-order chi connectivity index (χ1) is 10.1. The summed E-state index contributed by atoms with van der Waals surface area (Å²) in [4.78, 5) is 12.0. The van der Waals surface area contributed by atoms with Crippen LogP contribution in [0.2, 0.25) is 5.02 Å². The zero-order valence-corrected chi connectivity index (χ0v) is 14.2. The number of carbonyl (C=O) groups excluding carboxylic acids is 1. The summed E-state index contributed by atoms with van der Waals surface area (Å²) in [6, 6.07) is 8.30. The van der Waals surface area contributed by atoms with Gasteiger partial charge in [0.05, 0.1) is 0 Å². The minimum absolute atomic E-state index is 0.201. The molecule has 1 saturated carbocycles. The summed E-state index contributed by atoms with van der Waals surface area (Å²) in [7, 11) is 0. The van der Waals surface area contributed by atoms with Gasteiger partial charge in [-0.05, 0) is 36.5 Å². The van der Waals surface area contributed by atoms with E-state index in [4.69, 9.17) is 11.6 Å². The topological polar surface area (TPSA) is 29.1 Å². The number of halogens is 1. The second kappa shape index (κ2) is 8.70. The van der Waals surface area contributed by atoms with Gasteiger partial charge in [-0.25, -0.2) is 0 Å². The van der Waals surface area contributed by atoms with Gasteiger partial charge in [-0.2, -0.15) is 11.8 Å². The SMILES string of the molecule is CC1CCCCC1NC(=O)CCSCc1cccc(Cl)c1. The third-order valence-electron chi connectivity index (χ3n) is 4.09. The quantitative estimate of drug-likeness (QED) is 0.771. The Bertz CT molecular complexity index is 466. The summed E-state index contributed by atoms with van der Waals surface area (Å²) in [5.74, 6) is 2.60. The maximum atomic E-state index is 12.0. The van der Waals surface area contributed by atoms with Gasteiger partial charge in [0.2, 0.25) is 5.91 Å². The maximum Gasteiger partial charge on any atom is 0.221 e. The maximum absolute atomic E-state index is 12.0. The summed E-state index contributed by atoms with van der Waals surface area (Å²) in [5.41, 5.74) is 1.22. The Labute approximate surface area is 137 Å². The van der Waals surface area contributed by atoms with E-state index in [1.807, 2.05) is 18.2 Å². The summed E-state index contributed by atoms with van der Waals surface area (Å²) in [6.45, 7) is 2.25. The van der Waals surface area contributed by atoms with Crippen LogP contribution in [0, 0.1) is 5.92 Å². The predicted octanol–water partition coefficient (Wildman–Crippen LogP) is 4.66. The smallest absolute Gasteiger partial charge is 0.221 e. The fourth-order valence-corrected chi connectivity index (χ4v) is 3.89. The van der Waals surface area contributed by atoms with Crippen molar-refractivity contribution in [2.75, 3.05) is 5.75 Å². The first-order valence-corrected chi connectivity index (χ1v) is 9.30. The molecule has 1 aromatic carbocycles. The van der Waals surface area contributed by atoms with E-state index in [0.717, 1.165) is 22.9 Å². The molecule has 4 heteroatoms. The van der Waals surface area contributed by atoms with Crippen LogP contribution in [-0.2, 0) is 10.5 Å². The number of amides is 1. The van der Waals surface area contributed by atoms with E-state index in [1.54, 1.807) is 11.8 Å². The molecule has 0 saturated heterocycles. The van der Waals surface area contributed by atoms with E-state index in [0.29, 0.717) is 18.4 Å². The molecule has 1 fully saturated rings. The highest BCUT2D eigenvalue weighted by molar-refractivity contribution is 7.98. The Morgan fingerprint density at radius 2 is 2.19 bits per heavy atom. The van der Waals surface area contributed by atoms with Crippen molar-refractivity contribution >= 4 is 29.3 Å². The van der Waals surface area contributed by atoms with E-state index in [9.17, 15) is 4.79 Å². The number of carbonyl (C=O) groups is 1. The lowest BCUT2D eigenvalue weighted by Gasteiger charge is -2.29. The Morgan fingerprint density at radius 3 is 2.95 bits per heavy atom. The molecule has 1 aliphatic rings. The van der Waals surface area contributed by atoms with E-state index >= 15 is 0 Å². The largest absolute Gasteiger partial charge is 0.353 e. The lowest BCUT2D eigenvalue weighted by atomic mass is 9.86.